The maximum Gasteiger partial charge on any atom is 0.256 e. The van der Waals surface area contributed by atoms with Gasteiger partial charge in [0, 0.05) is 24.5 Å². The lowest BCUT2D eigenvalue weighted by atomic mass is 10.1. The number of carbonyl (C=O) groups is 1. The summed E-state index contributed by atoms with van der Waals surface area (Å²) in [6.07, 6.45) is 1.28. The standard InChI is InChI=1S/C20H22N4O3/c1-14-10-17(15(2)24(14)11-16-6-4-3-5-7-16)20(25)23-8-9-26-12-18(23)19-21-13-27-22-19/h3-7,10,13,18H,8-9,11-12H2,1-2H3. The van der Waals surface area contributed by atoms with Crippen molar-refractivity contribution >= 4 is 5.91 Å². The monoisotopic (exact) mass is 366 g/mol. The largest absolute Gasteiger partial charge is 0.377 e. The molecule has 3 aromatic rings. The fourth-order valence-corrected chi connectivity index (χ4v) is 3.57. The summed E-state index contributed by atoms with van der Waals surface area (Å²) < 4.78 is 12.6. The van der Waals surface area contributed by atoms with Crippen molar-refractivity contribution in [1.82, 2.24) is 19.6 Å². The van der Waals surface area contributed by atoms with Gasteiger partial charge in [0.1, 0.15) is 6.04 Å². The van der Waals surface area contributed by atoms with Gasteiger partial charge in [-0.25, -0.2) is 0 Å². The molecule has 27 heavy (non-hydrogen) atoms. The molecular weight excluding hydrogens is 344 g/mol. The van der Waals surface area contributed by atoms with Crippen LogP contribution in [0.2, 0.25) is 0 Å². The maximum atomic E-state index is 13.3. The summed E-state index contributed by atoms with van der Waals surface area (Å²) in [5.74, 6) is 0.446. The maximum absolute atomic E-state index is 13.3. The summed E-state index contributed by atoms with van der Waals surface area (Å²) in [6.45, 7) is 6.14. The molecule has 1 saturated heterocycles. The average molecular weight is 366 g/mol. The van der Waals surface area contributed by atoms with E-state index in [1.54, 1.807) is 4.90 Å². The first kappa shape index (κ1) is 17.5. The van der Waals surface area contributed by atoms with E-state index in [9.17, 15) is 4.79 Å². The second-order valence-electron chi connectivity index (χ2n) is 6.74. The third-order valence-corrected chi connectivity index (χ3v) is 5.05. The van der Waals surface area contributed by atoms with Crippen LogP contribution in [0.25, 0.3) is 0 Å². The topological polar surface area (TPSA) is 73.4 Å². The lowest BCUT2D eigenvalue weighted by Crippen LogP contribution is -2.44. The van der Waals surface area contributed by atoms with E-state index in [0.717, 1.165) is 17.9 Å². The van der Waals surface area contributed by atoms with Gasteiger partial charge in [-0.3, -0.25) is 4.79 Å². The van der Waals surface area contributed by atoms with Crippen molar-refractivity contribution in [3.63, 3.8) is 0 Å². The van der Waals surface area contributed by atoms with E-state index in [2.05, 4.69) is 26.8 Å². The minimum atomic E-state index is -0.331. The fraction of sp³-hybridized carbons (Fsp3) is 0.350. The summed E-state index contributed by atoms with van der Waals surface area (Å²) in [7, 11) is 0. The van der Waals surface area contributed by atoms with Crippen molar-refractivity contribution in [3.8, 4) is 0 Å². The van der Waals surface area contributed by atoms with Crippen LogP contribution in [0.1, 0.15) is 39.2 Å². The van der Waals surface area contributed by atoms with E-state index in [1.165, 1.54) is 12.0 Å². The second-order valence-corrected chi connectivity index (χ2v) is 6.74. The van der Waals surface area contributed by atoms with Crippen LogP contribution in [0.4, 0.5) is 0 Å². The number of hydrogen-bond acceptors (Lipinski definition) is 5. The quantitative estimate of drug-likeness (QED) is 0.710. The second kappa shape index (κ2) is 7.36. The molecule has 140 valence electrons. The number of benzene rings is 1. The average Bonchev–Trinajstić information content (AvgIpc) is 3.33. The number of carbonyl (C=O) groups excluding carboxylic acids is 1. The molecule has 0 aliphatic carbocycles. The lowest BCUT2D eigenvalue weighted by Gasteiger charge is -2.33. The Labute approximate surface area is 157 Å². The summed E-state index contributed by atoms with van der Waals surface area (Å²) in [4.78, 5) is 19.2. The zero-order valence-electron chi connectivity index (χ0n) is 15.5. The molecule has 1 aliphatic rings. The van der Waals surface area contributed by atoms with Gasteiger partial charge < -0.3 is 18.7 Å². The molecule has 1 fully saturated rings. The first-order valence-electron chi connectivity index (χ1n) is 9.01. The van der Waals surface area contributed by atoms with E-state index >= 15 is 0 Å². The Balaban J connectivity index is 1.62. The number of amides is 1. The molecule has 0 N–H and O–H groups in total. The van der Waals surface area contributed by atoms with E-state index in [1.807, 2.05) is 38.1 Å². The number of ether oxygens (including phenoxy) is 1. The molecule has 4 rings (SSSR count). The van der Waals surface area contributed by atoms with E-state index in [0.29, 0.717) is 31.1 Å². The fourth-order valence-electron chi connectivity index (χ4n) is 3.57. The first-order chi connectivity index (χ1) is 13.1. The van der Waals surface area contributed by atoms with Gasteiger partial charge in [0.15, 0.2) is 5.82 Å². The highest BCUT2D eigenvalue weighted by atomic mass is 16.5. The third kappa shape index (κ3) is 3.38. The summed E-state index contributed by atoms with van der Waals surface area (Å²) in [6, 6.07) is 11.9. The van der Waals surface area contributed by atoms with Gasteiger partial charge in [-0.2, -0.15) is 4.98 Å². The molecule has 1 atom stereocenters. The summed E-state index contributed by atoms with van der Waals surface area (Å²) in [5.41, 5.74) is 3.93. The predicted molar refractivity (Wildman–Crippen MR) is 98.3 cm³/mol. The number of morpholine rings is 1. The van der Waals surface area contributed by atoms with Crippen LogP contribution in [0.15, 0.2) is 47.3 Å². The molecule has 2 aromatic heterocycles. The molecule has 1 aliphatic heterocycles. The van der Waals surface area contributed by atoms with Gasteiger partial charge >= 0.3 is 0 Å². The molecule has 1 amide bonds. The SMILES string of the molecule is Cc1cc(C(=O)N2CCOCC2c2ncon2)c(C)n1Cc1ccccc1. The normalized spacial score (nSPS) is 17.3. The van der Waals surface area contributed by atoms with E-state index in [4.69, 9.17) is 9.26 Å². The van der Waals surface area contributed by atoms with Crippen molar-refractivity contribution in [2.75, 3.05) is 19.8 Å². The molecular formula is C20H22N4O3. The molecule has 0 bridgehead atoms. The molecule has 0 saturated carbocycles. The van der Waals surface area contributed by atoms with Gasteiger partial charge in [-0.05, 0) is 25.5 Å². The molecule has 0 spiro atoms. The number of rotatable bonds is 4. The van der Waals surface area contributed by atoms with Gasteiger partial charge in [-0.1, -0.05) is 35.5 Å². The minimum absolute atomic E-state index is 0.0273. The highest BCUT2D eigenvalue weighted by Crippen LogP contribution is 2.26. The zero-order valence-corrected chi connectivity index (χ0v) is 15.5. The first-order valence-corrected chi connectivity index (χ1v) is 9.01. The Morgan fingerprint density at radius 1 is 1.26 bits per heavy atom. The van der Waals surface area contributed by atoms with E-state index < -0.39 is 0 Å². The van der Waals surface area contributed by atoms with Crippen LogP contribution < -0.4 is 0 Å². The van der Waals surface area contributed by atoms with Gasteiger partial charge in [-0.15, -0.1) is 0 Å². The van der Waals surface area contributed by atoms with Crippen molar-refractivity contribution < 1.29 is 14.1 Å². The number of hydrogen-bond donors (Lipinski definition) is 0. The Morgan fingerprint density at radius 2 is 2.07 bits per heavy atom. The van der Waals surface area contributed by atoms with Crippen molar-refractivity contribution in [1.29, 1.82) is 0 Å². The van der Waals surface area contributed by atoms with Crippen LogP contribution >= 0.6 is 0 Å². The van der Waals surface area contributed by atoms with E-state index in [-0.39, 0.29) is 11.9 Å². The highest BCUT2D eigenvalue weighted by molar-refractivity contribution is 5.96. The van der Waals surface area contributed by atoms with Gasteiger partial charge in [0.05, 0.1) is 18.8 Å². The van der Waals surface area contributed by atoms with Crippen LogP contribution in [0.3, 0.4) is 0 Å². The Kier molecular flexibility index (Phi) is 4.77. The molecule has 7 nitrogen and oxygen atoms in total. The van der Waals surface area contributed by atoms with Crippen LogP contribution in [0.5, 0.6) is 0 Å². The number of aryl methyl sites for hydroxylation is 1. The van der Waals surface area contributed by atoms with Crippen molar-refractivity contribution in [2.45, 2.75) is 26.4 Å². The third-order valence-electron chi connectivity index (χ3n) is 5.05. The molecule has 7 heteroatoms. The zero-order chi connectivity index (χ0) is 18.8. The Morgan fingerprint density at radius 3 is 2.81 bits per heavy atom. The van der Waals surface area contributed by atoms with Gasteiger partial charge in [0.2, 0.25) is 6.39 Å². The number of nitrogens with zero attached hydrogens (tertiary/aromatic N) is 4. The lowest BCUT2D eigenvalue weighted by molar-refractivity contribution is -0.00581. The number of aromatic nitrogens is 3. The van der Waals surface area contributed by atoms with Crippen LogP contribution in [-0.4, -0.2) is 45.3 Å². The van der Waals surface area contributed by atoms with Crippen molar-refractivity contribution in [3.05, 3.63) is 71.1 Å². The highest BCUT2D eigenvalue weighted by Gasteiger charge is 2.33. The Hall–Kier alpha value is -2.93. The molecule has 0 radical (unpaired) electrons. The van der Waals surface area contributed by atoms with Crippen molar-refractivity contribution in [2.24, 2.45) is 0 Å². The van der Waals surface area contributed by atoms with Gasteiger partial charge in [0.25, 0.3) is 5.91 Å². The van der Waals surface area contributed by atoms with Crippen LogP contribution in [0, 0.1) is 13.8 Å². The molecule has 3 heterocycles. The Bertz CT molecular complexity index is 918. The predicted octanol–water partition coefficient (Wildman–Crippen LogP) is 2.75. The summed E-state index contributed by atoms with van der Waals surface area (Å²) in [5, 5.41) is 3.90. The summed E-state index contributed by atoms with van der Waals surface area (Å²) >= 11 is 0. The van der Waals surface area contributed by atoms with Crippen LogP contribution in [-0.2, 0) is 11.3 Å². The molecule has 1 unspecified atom stereocenters. The smallest absolute Gasteiger partial charge is 0.256 e. The minimum Gasteiger partial charge on any atom is -0.377 e. The molecule has 1 aromatic carbocycles.